The van der Waals surface area contributed by atoms with Gasteiger partial charge in [-0.2, -0.15) is 0 Å². The lowest BCUT2D eigenvalue weighted by Gasteiger charge is -2.06. The fraction of sp³-hybridized carbons (Fsp3) is 0.333. The number of H-pyrrole nitrogens is 1. The van der Waals surface area contributed by atoms with E-state index in [0.29, 0.717) is 16.7 Å². The lowest BCUT2D eigenvalue weighted by atomic mass is 10.1. The quantitative estimate of drug-likeness (QED) is 0.733. The van der Waals surface area contributed by atoms with Gasteiger partial charge in [0.15, 0.2) is 0 Å². The van der Waals surface area contributed by atoms with Crippen LogP contribution in [0.5, 0.6) is 0 Å². The minimum Gasteiger partial charge on any atom is -0.398 e. The molecule has 2 rings (SSSR count). The molecule has 2 aromatic rings. The molecule has 0 radical (unpaired) electrons. The van der Waals surface area contributed by atoms with Crippen molar-refractivity contribution >= 4 is 22.6 Å². The van der Waals surface area contributed by atoms with E-state index in [2.05, 4.69) is 4.98 Å². The van der Waals surface area contributed by atoms with E-state index in [-0.39, 0.29) is 11.8 Å². The number of hydrogen-bond donors (Lipinski definition) is 2. The predicted octanol–water partition coefficient (Wildman–Crippen LogP) is 1.52. The van der Waals surface area contributed by atoms with Gasteiger partial charge >= 0.3 is 5.69 Å². The molecule has 0 aliphatic carbocycles. The smallest absolute Gasteiger partial charge is 0.333 e. The number of nitrogens with zero attached hydrogens (tertiary/aromatic N) is 1. The summed E-state index contributed by atoms with van der Waals surface area (Å²) >= 11 is 0. The molecule has 0 atom stereocenters. The van der Waals surface area contributed by atoms with Crippen molar-refractivity contribution in [3.05, 3.63) is 28.2 Å². The van der Waals surface area contributed by atoms with Gasteiger partial charge in [0.25, 0.3) is 0 Å². The third-order valence-electron chi connectivity index (χ3n) is 2.78. The average Bonchev–Trinajstić information content (AvgIpc) is 2.53. The van der Waals surface area contributed by atoms with E-state index in [1.165, 1.54) is 0 Å². The van der Waals surface area contributed by atoms with Crippen molar-refractivity contribution in [3.63, 3.8) is 0 Å². The van der Waals surface area contributed by atoms with E-state index in [9.17, 15) is 9.59 Å². The van der Waals surface area contributed by atoms with Gasteiger partial charge in [0, 0.05) is 11.6 Å². The van der Waals surface area contributed by atoms with E-state index in [4.69, 9.17) is 5.73 Å². The molecule has 3 N–H and O–H groups in total. The van der Waals surface area contributed by atoms with Gasteiger partial charge < -0.3 is 10.7 Å². The zero-order valence-corrected chi connectivity index (χ0v) is 10.1. The van der Waals surface area contributed by atoms with E-state index in [1.54, 1.807) is 26.0 Å². The first-order valence-electron chi connectivity index (χ1n) is 5.47. The first-order chi connectivity index (χ1) is 7.91. The molecular formula is C12H15N3O2. The first-order valence-corrected chi connectivity index (χ1v) is 5.47. The number of nitrogens with two attached hydrogens (primary N) is 1. The van der Waals surface area contributed by atoms with Crippen molar-refractivity contribution in [2.24, 2.45) is 5.92 Å². The molecule has 0 amide bonds. The Morgan fingerprint density at radius 3 is 2.65 bits per heavy atom. The molecule has 90 valence electrons. The summed E-state index contributed by atoms with van der Waals surface area (Å²) in [6.07, 6.45) is 0. The van der Waals surface area contributed by atoms with Crippen molar-refractivity contribution in [3.8, 4) is 0 Å². The maximum Gasteiger partial charge on any atom is 0.333 e. The van der Waals surface area contributed by atoms with Crippen LogP contribution in [0.2, 0.25) is 0 Å². The molecule has 5 nitrogen and oxygen atoms in total. The highest BCUT2D eigenvalue weighted by atomic mass is 16.2. The fourth-order valence-electron chi connectivity index (χ4n) is 1.76. The van der Waals surface area contributed by atoms with Gasteiger partial charge in [-0.1, -0.05) is 13.8 Å². The molecule has 17 heavy (non-hydrogen) atoms. The van der Waals surface area contributed by atoms with Crippen LogP contribution in [-0.4, -0.2) is 15.5 Å². The lowest BCUT2D eigenvalue weighted by molar-refractivity contribution is 0.0856. The number of aromatic amines is 1. The highest BCUT2D eigenvalue weighted by Gasteiger charge is 2.17. The molecule has 0 saturated carbocycles. The monoisotopic (exact) mass is 233 g/mol. The van der Waals surface area contributed by atoms with Crippen LogP contribution in [0.15, 0.2) is 16.9 Å². The standard InChI is InChI=1S/C12H15N3O2/c1-6(2)11(16)15-10-5-8(13)7(3)4-9(10)14-12(15)17/h4-6H,13H2,1-3H3,(H,14,17). The normalized spacial score (nSPS) is 11.3. The number of imidazole rings is 1. The number of nitrogen functional groups attached to an aromatic ring is 1. The average molecular weight is 233 g/mol. The van der Waals surface area contributed by atoms with Crippen molar-refractivity contribution in [2.75, 3.05) is 5.73 Å². The second-order valence-electron chi connectivity index (χ2n) is 4.48. The number of aromatic nitrogens is 2. The molecule has 0 aliphatic heterocycles. The Bertz CT molecular complexity index is 650. The van der Waals surface area contributed by atoms with Crippen molar-refractivity contribution in [2.45, 2.75) is 20.8 Å². The number of fused-ring (bicyclic) bond motifs is 1. The van der Waals surface area contributed by atoms with E-state index < -0.39 is 5.69 Å². The van der Waals surface area contributed by atoms with Gasteiger partial charge in [0.05, 0.1) is 11.0 Å². The summed E-state index contributed by atoms with van der Waals surface area (Å²) in [5.74, 6) is -0.473. The third-order valence-corrected chi connectivity index (χ3v) is 2.78. The Labute approximate surface area is 98.2 Å². The Hall–Kier alpha value is -2.04. The third kappa shape index (κ3) is 1.73. The Morgan fingerprint density at radius 1 is 1.41 bits per heavy atom. The number of carbonyl (C=O) groups is 1. The Kier molecular flexibility index (Phi) is 2.53. The molecular weight excluding hydrogens is 218 g/mol. The molecule has 0 spiro atoms. The zero-order chi connectivity index (χ0) is 12.7. The largest absolute Gasteiger partial charge is 0.398 e. The topological polar surface area (TPSA) is 80.9 Å². The van der Waals surface area contributed by atoms with E-state index >= 15 is 0 Å². The lowest BCUT2D eigenvalue weighted by Crippen LogP contribution is -2.27. The van der Waals surface area contributed by atoms with Crippen LogP contribution >= 0.6 is 0 Å². The number of nitrogens with one attached hydrogen (secondary N) is 1. The van der Waals surface area contributed by atoms with Crippen LogP contribution in [0.3, 0.4) is 0 Å². The molecule has 1 heterocycles. The summed E-state index contributed by atoms with van der Waals surface area (Å²) in [5.41, 5.74) is 8.01. The summed E-state index contributed by atoms with van der Waals surface area (Å²) in [6, 6.07) is 3.43. The molecule has 0 bridgehead atoms. The first kappa shape index (κ1) is 11.4. The molecule has 0 unspecified atom stereocenters. The predicted molar refractivity (Wildman–Crippen MR) is 67.2 cm³/mol. The second-order valence-corrected chi connectivity index (χ2v) is 4.48. The number of aryl methyl sites for hydroxylation is 1. The maximum absolute atomic E-state index is 11.9. The van der Waals surface area contributed by atoms with Gasteiger partial charge in [0.2, 0.25) is 5.91 Å². The van der Waals surface area contributed by atoms with Crippen molar-refractivity contribution in [1.82, 2.24) is 9.55 Å². The van der Waals surface area contributed by atoms with Gasteiger partial charge in [-0.15, -0.1) is 0 Å². The van der Waals surface area contributed by atoms with Crippen molar-refractivity contribution < 1.29 is 4.79 Å². The molecule has 5 heteroatoms. The van der Waals surface area contributed by atoms with Gasteiger partial charge in [0.1, 0.15) is 0 Å². The molecule has 0 aliphatic rings. The minimum absolute atomic E-state index is 0.232. The molecule has 1 aromatic carbocycles. The van der Waals surface area contributed by atoms with Crippen LogP contribution in [0.1, 0.15) is 24.2 Å². The van der Waals surface area contributed by atoms with Crippen LogP contribution in [-0.2, 0) is 0 Å². The zero-order valence-electron chi connectivity index (χ0n) is 10.1. The van der Waals surface area contributed by atoms with Crippen LogP contribution in [0, 0.1) is 12.8 Å². The van der Waals surface area contributed by atoms with Gasteiger partial charge in [-0.25, -0.2) is 9.36 Å². The highest BCUT2D eigenvalue weighted by molar-refractivity contribution is 5.92. The van der Waals surface area contributed by atoms with Crippen LogP contribution < -0.4 is 11.4 Å². The molecule has 0 saturated heterocycles. The van der Waals surface area contributed by atoms with E-state index in [1.807, 2.05) is 6.92 Å². The fourth-order valence-corrected chi connectivity index (χ4v) is 1.76. The number of carbonyl (C=O) groups excluding carboxylic acids is 1. The van der Waals surface area contributed by atoms with E-state index in [0.717, 1.165) is 10.1 Å². The second kappa shape index (κ2) is 3.76. The number of hydrogen-bond acceptors (Lipinski definition) is 3. The Morgan fingerprint density at radius 2 is 2.06 bits per heavy atom. The summed E-state index contributed by atoms with van der Waals surface area (Å²) < 4.78 is 1.15. The maximum atomic E-state index is 11.9. The summed E-state index contributed by atoms with van der Waals surface area (Å²) in [6.45, 7) is 5.37. The summed E-state index contributed by atoms with van der Waals surface area (Å²) in [7, 11) is 0. The number of rotatable bonds is 1. The van der Waals surface area contributed by atoms with Crippen molar-refractivity contribution in [1.29, 1.82) is 0 Å². The summed E-state index contributed by atoms with van der Waals surface area (Å²) in [5, 5.41) is 0. The van der Waals surface area contributed by atoms with Gasteiger partial charge in [-0.3, -0.25) is 4.79 Å². The van der Waals surface area contributed by atoms with Gasteiger partial charge in [-0.05, 0) is 24.6 Å². The minimum atomic E-state index is -0.413. The SMILES string of the molecule is Cc1cc2[nH]c(=O)n(C(=O)C(C)C)c2cc1N. The van der Waals surface area contributed by atoms with Crippen LogP contribution in [0.4, 0.5) is 5.69 Å². The number of benzene rings is 1. The molecule has 0 fully saturated rings. The number of anilines is 1. The highest BCUT2D eigenvalue weighted by Crippen LogP contribution is 2.19. The molecule has 1 aromatic heterocycles. The Balaban J connectivity index is 2.80. The summed E-state index contributed by atoms with van der Waals surface area (Å²) in [4.78, 5) is 26.4. The van der Waals surface area contributed by atoms with Crippen LogP contribution in [0.25, 0.3) is 11.0 Å².